The van der Waals surface area contributed by atoms with Gasteiger partial charge in [-0.3, -0.25) is 4.79 Å². The van der Waals surface area contributed by atoms with Gasteiger partial charge in [-0.05, 0) is 37.6 Å². The van der Waals surface area contributed by atoms with Crippen LogP contribution in [-0.4, -0.2) is 18.0 Å². The lowest BCUT2D eigenvalue weighted by Crippen LogP contribution is -2.30. The third-order valence-corrected chi connectivity index (χ3v) is 3.57. The van der Waals surface area contributed by atoms with Crippen LogP contribution in [0.3, 0.4) is 0 Å². The van der Waals surface area contributed by atoms with Gasteiger partial charge in [0, 0.05) is 6.07 Å². The van der Waals surface area contributed by atoms with E-state index in [1.807, 2.05) is 19.1 Å². The van der Waals surface area contributed by atoms with Gasteiger partial charge in [0.2, 0.25) is 0 Å². The highest BCUT2D eigenvalue weighted by Gasteiger charge is 2.21. The maximum Gasteiger partial charge on any atom is 0.349 e. The molecule has 0 bridgehead atoms. The molecule has 0 aliphatic heterocycles. The number of anilines is 1. The van der Waals surface area contributed by atoms with Crippen LogP contribution in [0.5, 0.6) is 0 Å². The second-order valence-electron chi connectivity index (χ2n) is 5.74. The number of benzene rings is 2. The minimum absolute atomic E-state index is 0.296. The number of nitrogens with zero attached hydrogens (tertiary/aromatic N) is 1. The molecular weight excluding hydrogens is 354 g/mol. The third kappa shape index (κ3) is 5.47. The van der Waals surface area contributed by atoms with Gasteiger partial charge < -0.3 is 10.1 Å². The number of halogens is 2. The molecule has 1 amide bonds. The molecule has 0 fully saturated rings. The van der Waals surface area contributed by atoms with E-state index >= 15 is 0 Å². The Morgan fingerprint density at radius 2 is 1.85 bits per heavy atom. The molecule has 0 saturated heterocycles. The van der Waals surface area contributed by atoms with Crippen molar-refractivity contribution < 1.29 is 23.1 Å². The van der Waals surface area contributed by atoms with Crippen molar-refractivity contribution in [2.45, 2.75) is 20.0 Å². The van der Waals surface area contributed by atoms with E-state index in [9.17, 15) is 18.4 Å². The van der Waals surface area contributed by atoms with Crippen LogP contribution in [0.25, 0.3) is 6.08 Å². The minimum atomic E-state index is -1.32. The predicted molar refractivity (Wildman–Crippen MR) is 95.3 cm³/mol. The second-order valence-corrected chi connectivity index (χ2v) is 5.74. The van der Waals surface area contributed by atoms with E-state index in [4.69, 9.17) is 10.00 Å². The van der Waals surface area contributed by atoms with Crippen molar-refractivity contribution in [3.8, 4) is 6.07 Å². The first kappa shape index (κ1) is 19.8. The molecule has 0 saturated carbocycles. The lowest BCUT2D eigenvalue weighted by atomic mass is 10.1. The third-order valence-electron chi connectivity index (χ3n) is 3.57. The molecule has 0 aliphatic carbocycles. The summed E-state index contributed by atoms with van der Waals surface area (Å²) in [6, 6.07) is 11.4. The molecule has 1 N–H and O–H groups in total. The molecule has 1 atom stereocenters. The zero-order chi connectivity index (χ0) is 20.0. The molecule has 0 heterocycles. The highest BCUT2D eigenvalue weighted by molar-refractivity contribution is 6.01. The highest BCUT2D eigenvalue weighted by Crippen LogP contribution is 2.16. The quantitative estimate of drug-likeness (QED) is 0.494. The second kappa shape index (κ2) is 8.72. The van der Waals surface area contributed by atoms with E-state index in [1.165, 1.54) is 13.0 Å². The number of ether oxygens (including phenoxy) is 1. The summed E-state index contributed by atoms with van der Waals surface area (Å²) in [5.74, 6) is -3.43. The highest BCUT2D eigenvalue weighted by atomic mass is 19.1. The summed E-state index contributed by atoms with van der Waals surface area (Å²) in [6.45, 7) is 3.15. The largest absolute Gasteiger partial charge is 0.448 e. The summed E-state index contributed by atoms with van der Waals surface area (Å²) >= 11 is 0. The van der Waals surface area contributed by atoms with Gasteiger partial charge in [0.1, 0.15) is 23.3 Å². The Bertz CT molecular complexity index is 931. The Morgan fingerprint density at radius 3 is 2.48 bits per heavy atom. The van der Waals surface area contributed by atoms with Gasteiger partial charge in [0.05, 0.1) is 5.69 Å². The zero-order valence-corrected chi connectivity index (χ0v) is 14.6. The summed E-state index contributed by atoms with van der Waals surface area (Å²) < 4.78 is 31.7. The predicted octanol–water partition coefficient (Wildman–Crippen LogP) is 3.75. The molecule has 2 rings (SSSR count). The maximum atomic E-state index is 13.6. The number of aryl methyl sites for hydroxylation is 1. The number of nitrogens with one attached hydrogen (secondary N) is 1. The summed E-state index contributed by atoms with van der Waals surface area (Å²) in [5.41, 5.74) is 0.963. The van der Waals surface area contributed by atoms with Crippen molar-refractivity contribution in [1.29, 1.82) is 5.26 Å². The monoisotopic (exact) mass is 370 g/mol. The van der Waals surface area contributed by atoms with E-state index < -0.39 is 29.6 Å². The molecule has 0 aliphatic rings. The van der Waals surface area contributed by atoms with Crippen molar-refractivity contribution in [1.82, 2.24) is 0 Å². The number of carbonyl (C=O) groups excluding carboxylic acids is 2. The molecular formula is C20H16F2N2O3. The Hall–Kier alpha value is -3.53. The van der Waals surface area contributed by atoms with E-state index in [0.29, 0.717) is 5.56 Å². The maximum absolute atomic E-state index is 13.6. The first-order valence-electron chi connectivity index (χ1n) is 7.95. The fourth-order valence-electron chi connectivity index (χ4n) is 2.07. The fraction of sp³-hybridized carbons (Fsp3) is 0.150. The molecule has 138 valence electrons. The van der Waals surface area contributed by atoms with Crippen molar-refractivity contribution >= 4 is 23.6 Å². The number of carbonyl (C=O) groups is 2. The summed E-state index contributed by atoms with van der Waals surface area (Å²) in [6.07, 6.45) is 0.00785. The fourth-order valence-corrected chi connectivity index (χ4v) is 2.07. The van der Waals surface area contributed by atoms with Crippen LogP contribution in [0, 0.1) is 29.9 Å². The molecule has 5 nitrogen and oxygen atoms in total. The van der Waals surface area contributed by atoms with Crippen molar-refractivity contribution in [2.24, 2.45) is 0 Å². The number of nitriles is 1. The normalized spacial score (nSPS) is 12.0. The lowest BCUT2D eigenvalue weighted by molar-refractivity contribution is -0.148. The van der Waals surface area contributed by atoms with E-state index in [0.717, 1.165) is 23.8 Å². The standard InChI is InChI=1S/C20H16F2N2O3/c1-12-3-5-14(6-4-12)9-15(11-23)20(26)27-13(2)19(25)24-18-10-16(21)7-8-17(18)22/h3-10,13H,1-2H3,(H,24,25)/b15-9+/t13-/m1/s1. The van der Waals surface area contributed by atoms with Crippen LogP contribution in [0.2, 0.25) is 0 Å². The smallest absolute Gasteiger partial charge is 0.349 e. The Morgan fingerprint density at radius 1 is 1.19 bits per heavy atom. The number of hydrogen-bond acceptors (Lipinski definition) is 4. The van der Waals surface area contributed by atoms with Gasteiger partial charge in [0.25, 0.3) is 5.91 Å². The van der Waals surface area contributed by atoms with Gasteiger partial charge in [0.15, 0.2) is 6.10 Å². The van der Waals surface area contributed by atoms with Gasteiger partial charge >= 0.3 is 5.97 Å². The number of amides is 1. The van der Waals surface area contributed by atoms with Gasteiger partial charge in [-0.2, -0.15) is 5.26 Å². The number of rotatable bonds is 5. The van der Waals surface area contributed by atoms with Crippen LogP contribution in [0.1, 0.15) is 18.1 Å². The zero-order valence-electron chi connectivity index (χ0n) is 14.6. The van der Waals surface area contributed by atoms with Crippen LogP contribution in [-0.2, 0) is 14.3 Å². The molecule has 0 unspecified atom stereocenters. The van der Waals surface area contributed by atoms with Crippen molar-refractivity contribution in [3.05, 3.63) is 70.8 Å². The molecule has 2 aromatic carbocycles. The van der Waals surface area contributed by atoms with Crippen molar-refractivity contribution in [3.63, 3.8) is 0 Å². The Labute approximate surface area is 154 Å². The molecule has 2 aromatic rings. The summed E-state index contributed by atoms with van der Waals surface area (Å²) in [5, 5.41) is 11.3. The molecule has 0 aromatic heterocycles. The minimum Gasteiger partial charge on any atom is -0.448 e. The van der Waals surface area contributed by atoms with Crippen LogP contribution in [0.15, 0.2) is 48.0 Å². The molecule has 7 heteroatoms. The van der Waals surface area contributed by atoms with E-state index in [1.54, 1.807) is 18.2 Å². The summed E-state index contributed by atoms with van der Waals surface area (Å²) in [4.78, 5) is 24.1. The van der Waals surface area contributed by atoms with E-state index in [-0.39, 0.29) is 11.3 Å². The molecule has 0 spiro atoms. The van der Waals surface area contributed by atoms with Crippen molar-refractivity contribution in [2.75, 3.05) is 5.32 Å². The Balaban J connectivity index is 2.06. The lowest BCUT2D eigenvalue weighted by Gasteiger charge is -2.13. The average Bonchev–Trinajstić information content (AvgIpc) is 2.64. The molecule has 0 radical (unpaired) electrons. The van der Waals surface area contributed by atoms with Crippen LogP contribution in [0.4, 0.5) is 14.5 Å². The van der Waals surface area contributed by atoms with Crippen LogP contribution >= 0.6 is 0 Å². The first-order chi connectivity index (χ1) is 12.8. The average molecular weight is 370 g/mol. The first-order valence-corrected chi connectivity index (χ1v) is 7.95. The SMILES string of the molecule is Cc1ccc(/C=C(\C#N)C(=O)O[C@H](C)C(=O)Nc2cc(F)ccc2F)cc1. The van der Waals surface area contributed by atoms with Gasteiger partial charge in [-0.1, -0.05) is 29.8 Å². The number of esters is 1. The Kier molecular flexibility index (Phi) is 6.39. The van der Waals surface area contributed by atoms with E-state index in [2.05, 4.69) is 5.32 Å². The number of hydrogen-bond donors (Lipinski definition) is 1. The topological polar surface area (TPSA) is 79.2 Å². The van der Waals surface area contributed by atoms with Crippen LogP contribution < -0.4 is 5.32 Å². The van der Waals surface area contributed by atoms with Gasteiger partial charge in [-0.15, -0.1) is 0 Å². The summed E-state index contributed by atoms with van der Waals surface area (Å²) in [7, 11) is 0. The molecule has 27 heavy (non-hydrogen) atoms. The van der Waals surface area contributed by atoms with Gasteiger partial charge in [-0.25, -0.2) is 13.6 Å².